The van der Waals surface area contributed by atoms with Crippen LogP contribution in [-0.4, -0.2) is 46.4 Å². The van der Waals surface area contributed by atoms with E-state index in [1.165, 1.54) is 0 Å². The first-order chi connectivity index (χ1) is 17.1. The summed E-state index contributed by atoms with van der Waals surface area (Å²) < 4.78 is 8.08. The Bertz CT molecular complexity index is 1390. The zero-order chi connectivity index (χ0) is 24.2. The van der Waals surface area contributed by atoms with Crippen LogP contribution in [0, 0.1) is 18.3 Å². The Labute approximate surface area is 204 Å². The maximum Gasteiger partial charge on any atom is 0.257 e. The number of nitriles is 1. The molecule has 0 radical (unpaired) electrons. The first-order valence-corrected chi connectivity index (χ1v) is 11.8. The molecule has 5 rings (SSSR count). The summed E-state index contributed by atoms with van der Waals surface area (Å²) >= 11 is 0. The van der Waals surface area contributed by atoms with Crippen molar-refractivity contribution in [1.82, 2.24) is 14.3 Å². The SMILES string of the molecule is Cc1cccn2cc(COc3ccccc3C(=O)N3CCCN(c4ccc(C#N)cc4)CC3)nc12. The number of fused-ring (bicyclic) bond motifs is 1. The molecular formula is C28H27N5O2. The number of rotatable bonds is 5. The molecule has 0 atom stereocenters. The lowest BCUT2D eigenvalue weighted by molar-refractivity contribution is 0.0762. The third-order valence-corrected chi connectivity index (χ3v) is 6.37. The standard InChI is InChI=1S/C28H27N5O2/c1-21-6-4-13-33-19-23(30-27(21)33)20-35-26-8-3-2-7-25(26)28(34)32-15-5-14-31(16-17-32)24-11-9-22(18-29)10-12-24/h2-4,6-13,19H,5,14-17,20H2,1H3. The molecule has 7 nitrogen and oxygen atoms in total. The molecule has 0 unspecified atom stereocenters. The Hall–Kier alpha value is -4.31. The number of amides is 1. The molecule has 176 valence electrons. The van der Waals surface area contributed by atoms with Crippen molar-refractivity contribution in [2.75, 3.05) is 31.1 Å². The van der Waals surface area contributed by atoms with Crippen LogP contribution in [0.25, 0.3) is 5.65 Å². The number of hydrogen-bond acceptors (Lipinski definition) is 5. The van der Waals surface area contributed by atoms with Gasteiger partial charge in [0.1, 0.15) is 18.0 Å². The summed E-state index contributed by atoms with van der Waals surface area (Å²) in [4.78, 5) is 22.3. The van der Waals surface area contributed by atoms with Crippen LogP contribution in [0.3, 0.4) is 0 Å². The van der Waals surface area contributed by atoms with E-state index in [1.54, 1.807) is 0 Å². The minimum Gasteiger partial charge on any atom is -0.486 e. The fraction of sp³-hybridized carbons (Fsp3) is 0.250. The monoisotopic (exact) mass is 465 g/mol. The van der Waals surface area contributed by atoms with Crippen LogP contribution in [0.5, 0.6) is 5.75 Å². The highest BCUT2D eigenvalue weighted by molar-refractivity contribution is 5.97. The minimum atomic E-state index is -0.0203. The first kappa shape index (κ1) is 22.5. The topological polar surface area (TPSA) is 73.9 Å². The molecule has 1 aliphatic rings. The highest BCUT2D eigenvalue weighted by atomic mass is 16.5. The molecule has 1 aliphatic heterocycles. The maximum absolute atomic E-state index is 13.5. The lowest BCUT2D eigenvalue weighted by Crippen LogP contribution is -2.35. The molecule has 2 aromatic carbocycles. The van der Waals surface area contributed by atoms with E-state index in [2.05, 4.69) is 16.0 Å². The van der Waals surface area contributed by atoms with E-state index >= 15 is 0 Å². The van der Waals surface area contributed by atoms with Crippen molar-refractivity contribution in [2.24, 2.45) is 0 Å². The number of aromatic nitrogens is 2. The second-order valence-corrected chi connectivity index (χ2v) is 8.73. The molecule has 1 amide bonds. The van der Waals surface area contributed by atoms with Crippen molar-refractivity contribution >= 4 is 17.2 Å². The highest BCUT2D eigenvalue weighted by Crippen LogP contribution is 2.23. The average molecular weight is 466 g/mol. The third-order valence-electron chi connectivity index (χ3n) is 6.37. The van der Waals surface area contributed by atoms with Crippen molar-refractivity contribution in [2.45, 2.75) is 20.0 Å². The number of pyridine rings is 1. The van der Waals surface area contributed by atoms with Gasteiger partial charge in [0.25, 0.3) is 5.91 Å². The fourth-order valence-electron chi connectivity index (χ4n) is 4.49. The van der Waals surface area contributed by atoms with Crippen LogP contribution in [0.2, 0.25) is 0 Å². The van der Waals surface area contributed by atoms with Gasteiger partial charge in [-0.2, -0.15) is 5.26 Å². The molecule has 0 N–H and O–H groups in total. The number of imidazole rings is 1. The minimum absolute atomic E-state index is 0.0203. The van der Waals surface area contributed by atoms with Gasteiger partial charge >= 0.3 is 0 Å². The van der Waals surface area contributed by atoms with Crippen LogP contribution in [0.1, 0.15) is 33.6 Å². The van der Waals surface area contributed by atoms with Crippen LogP contribution >= 0.6 is 0 Å². The lowest BCUT2D eigenvalue weighted by Gasteiger charge is -2.24. The zero-order valence-electron chi connectivity index (χ0n) is 19.7. The number of nitrogens with zero attached hydrogens (tertiary/aromatic N) is 5. The Morgan fingerprint density at radius 2 is 1.86 bits per heavy atom. The quantitative estimate of drug-likeness (QED) is 0.436. The second-order valence-electron chi connectivity index (χ2n) is 8.73. The summed E-state index contributed by atoms with van der Waals surface area (Å²) in [6.45, 7) is 5.23. The molecule has 0 spiro atoms. The summed E-state index contributed by atoms with van der Waals surface area (Å²) in [6, 6.07) is 21.2. The molecule has 0 bridgehead atoms. The van der Waals surface area contributed by atoms with E-state index in [4.69, 9.17) is 10.00 Å². The third kappa shape index (κ3) is 4.82. The second kappa shape index (κ2) is 9.90. The summed E-state index contributed by atoms with van der Waals surface area (Å²) in [5, 5.41) is 9.03. The smallest absolute Gasteiger partial charge is 0.257 e. The van der Waals surface area contributed by atoms with E-state index in [9.17, 15) is 4.79 Å². The van der Waals surface area contributed by atoms with Gasteiger partial charge in [0.2, 0.25) is 0 Å². The molecule has 35 heavy (non-hydrogen) atoms. The summed E-state index contributed by atoms with van der Waals surface area (Å²) in [7, 11) is 0. The number of carbonyl (C=O) groups is 1. The summed E-state index contributed by atoms with van der Waals surface area (Å²) in [6.07, 6.45) is 4.80. The van der Waals surface area contributed by atoms with Crippen LogP contribution < -0.4 is 9.64 Å². The van der Waals surface area contributed by atoms with E-state index < -0.39 is 0 Å². The first-order valence-electron chi connectivity index (χ1n) is 11.8. The van der Waals surface area contributed by atoms with Crippen molar-refractivity contribution in [3.8, 4) is 11.8 Å². The number of ether oxygens (including phenoxy) is 1. The van der Waals surface area contributed by atoms with Gasteiger partial charge in [-0.15, -0.1) is 0 Å². The number of benzene rings is 2. The van der Waals surface area contributed by atoms with E-state index in [1.807, 2.05) is 89.3 Å². The van der Waals surface area contributed by atoms with Crippen molar-refractivity contribution < 1.29 is 9.53 Å². The van der Waals surface area contributed by atoms with Gasteiger partial charge in [-0.05, 0) is 61.4 Å². The molecule has 2 aromatic heterocycles. The van der Waals surface area contributed by atoms with Gasteiger partial charge in [-0.1, -0.05) is 18.2 Å². The predicted octanol–water partition coefficient (Wildman–Crippen LogP) is 4.45. The van der Waals surface area contributed by atoms with Gasteiger partial charge in [0.05, 0.1) is 22.9 Å². The van der Waals surface area contributed by atoms with E-state index in [0.29, 0.717) is 30.0 Å². The predicted molar refractivity (Wildman–Crippen MR) is 135 cm³/mol. The van der Waals surface area contributed by atoms with Crippen molar-refractivity contribution in [3.05, 3.63) is 95.4 Å². The molecule has 0 saturated carbocycles. The molecule has 0 aliphatic carbocycles. The number of aryl methyl sites for hydroxylation is 1. The molecular weight excluding hydrogens is 438 g/mol. The van der Waals surface area contributed by atoms with Crippen LogP contribution in [0.15, 0.2) is 73.1 Å². The summed E-state index contributed by atoms with van der Waals surface area (Å²) in [5.74, 6) is 0.549. The molecule has 3 heterocycles. The summed E-state index contributed by atoms with van der Waals surface area (Å²) in [5.41, 5.74) is 5.12. The van der Waals surface area contributed by atoms with E-state index in [0.717, 1.165) is 42.1 Å². The number of carbonyl (C=O) groups excluding carboxylic acids is 1. The van der Waals surface area contributed by atoms with Gasteiger partial charge in [-0.3, -0.25) is 4.79 Å². The van der Waals surface area contributed by atoms with Gasteiger partial charge in [-0.25, -0.2) is 4.98 Å². The van der Waals surface area contributed by atoms with Gasteiger partial charge < -0.3 is 18.9 Å². The maximum atomic E-state index is 13.5. The Morgan fingerprint density at radius 1 is 1.03 bits per heavy atom. The number of hydrogen-bond donors (Lipinski definition) is 0. The van der Waals surface area contributed by atoms with Crippen molar-refractivity contribution in [1.29, 1.82) is 5.26 Å². The highest BCUT2D eigenvalue weighted by Gasteiger charge is 2.23. The molecule has 7 heteroatoms. The largest absolute Gasteiger partial charge is 0.486 e. The Kier molecular flexibility index (Phi) is 6.36. The van der Waals surface area contributed by atoms with Crippen LogP contribution in [0.4, 0.5) is 5.69 Å². The average Bonchev–Trinajstić information content (AvgIpc) is 3.17. The fourth-order valence-corrected chi connectivity index (χ4v) is 4.49. The number of anilines is 1. The Balaban J connectivity index is 1.27. The Morgan fingerprint density at radius 3 is 2.66 bits per heavy atom. The normalized spacial score (nSPS) is 13.9. The number of para-hydroxylation sites is 1. The molecule has 4 aromatic rings. The van der Waals surface area contributed by atoms with Crippen molar-refractivity contribution in [3.63, 3.8) is 0 Å². The van der Waals surface area contributed by atoms with Gasteiger partial charge in [0.15, 0.2) is 0 Å². The molecule has 1 saturated heterocycles. The van der Waals surface area contributed by atoms with Gasteiger partial charge in [0, 0.05) is 44.3 Å². The zero-order valence-corrected chi connectivity index (χ0v) is 19.7. The van der Waals surface area contributed by atoms with Crippen LogP contribution in [-0.2, 0) is 6.61 Å². The molecule has 1 fully saturated rings. The lowest BCUT2D eigenvalue weighted by atomic mass is 10.1. The van der Waals surface area contributed by atoms with E-state index in [-0.39, 0.29) is 12.5 Å².